The number of likely N-dealkylation sites (tertiary alicyclic amines) is 1. The standard InChI is InChI=1S/C19H31N3O6/c1-5-9-20-16(23)14-15(28-14)17(24)21-13(11(3)6-2)18(25)22-10-7-8-12(22)19(26)27-4/h11-15H,5-10H2,1-4H3,(H,20,23)(H,21,24)/t11?,12-,13?,14?,15?/m0/s1. The van der Waals surface area contributed by atoms with Gasteiger partial charge in [0.15, 0.2) is 12.2 Å². The molecule has 0 aromatic rings. The van der Waals surface area contributed by atoms with Crippen LogP contribution in [0.25, 0.3) is 0 Å². The van der Waals surface area contributed by atoms with Gasteiger partial charge in [-0.3, -0.25) is 14.4 Å². The molecule has 9 heteroatoms. The minimum absolute atomic E-state index is 0.138. The maximum absolute atomic E-state index is 13.1. The smallest absolute Gasteiger partial charge is 0.328 e. The Labute approximate surface area is 165 Å². The SMILES string of the molecule is CCCNC(=O)C1OC1C(=O)NC(C(=O)N1CCC[C@H]1C(=O)OC)C(C)CC. The molecule has 2 fully saturated rings. The second kappa shape index (κ2) is 9.86. The number of methoxy groups -OCH3 is 1. The monoisotopic (exact) mass is 397 g/mol. The van der Waals surface area contributed by atoms with Crippen LogP contribution in [-0.2, 0) is 28.7 Å². The molecule has 28 heavy (non-hydrogen) atoms. The third-order valence-electron chi connectivity index (χ3n) is 5.34. The van der Waals surface area contributed by atoms with Crippen LogP contribution in [-0.4, -0.2) is 73.1 Å². The third kappa shape index (κ3) is 5.01. The average molecular weight is 397 g/mol. The Bertz CT molecular complexity index is 610. The maximum atomic E-state index is 13.1. The summed E-state index contributed by atoms with van der Waals surface area (Å²) in [7, 11) is 1.30. The average Bonchev–Trinajstić information content (AvgIpc) is 3.36. The fourth-order valence-corrected chi connectivity index (χ4v) is 3.37. The molecule has 2 saturated heterocycles. The van der Waals surface area contributed by atoms with Crippen molar-refractivity contribution in [2.24, 2.45) is 5.92 Å². The van der Waals surface area contributed by atoms with Gasteiger partial charge in [0, 0.05) is 13.1 Å². The molecule has 4 unspecified atom stereocenters. The van der Waals surface area contributed by atoms with Crippen LogP contribution in [0, 0.1) is 5.92 Å². The number of nitrogens with one attached hydrogen (secondary N) is 2. The zero-order chi connectivity index (χ0) is 20.8. The second-order valence-electron chi connectivity index (χ2n) is 7.35. The predicted molar refractivity (Wildman–Crippen MR) is 100 cm³/mol. The van der Waals surface area contributed by atoms with Gasteiger partial charge in [0.25, 0.3) is 11.8 Å². The summed E-state index contributed by atoms with van der Waals surface area (Å²) in [6, 6.07) is -1.41. The Balaban J connectivity index is 2.02. The molecule has 2 aliphatic heterocycles. The first kappa shape index (κ1) is 22.1. The summed E-state index contributed by atoms with van der Waals surface area (Å²) < 4.78 is 10.0. The predicted octanol–water partition coefficient (Wildman–Crippen LogP) is -0.0251. The highest BCUT2D eigenvalue weighted by Crippen LogP contribution is 2.25. The second-order valence-corrected chi connectivity index (χ2v) is 7.35. The summed E-state index contributed by atoms with van der Waals surface area (Å²) in [6.45, 7) is 6.69. The summed E-state index contributed by atoms with van der Waals surface area (Å²) in [6.07, 6.45) is 1.01. The number of esters is 1. The van der Waals surface area contributed by atoms with Gasteiger partial charge >= 0.3 is 5.97 Å². The van der Waals surface area contributed by atoms with E-state index in [-0.39, 0.29) is 17.7 Å². The molecule has 0 spiro atoms. The molecule has 0 radical (unpaired) electrons. The number of epoxide rings is 1. The van der Waals surface area contributed by atoms with E-state index in [2.05, 4.69) is 10.6 Å². The van der Waals surface area contributed by atoms with Crippen molar-refractivity contribution in [1.82, 2.24) is 15.5 Å². The molecule has 0 aromatic carbocycles. The first-order valence-electron chi connectivity index (χ1n) is 9.97. The van der Waals surface area contributed by atoms with E-state index in [1.807, 2.05) is 20.8 Å². The van der Waals surface area contributed by atoms with Crippen LogP contribution in [0.2, 0.25) is 0 Å². The molecule has 2 N–H and O–H groups in total. The van der Waals surface area contributed by atoms with Gasteiger partial charge in [-0.1, -0.05) is 27.2 Å². The van der Waals surface area contributed by atoms with E-state index in [1.165, 1.54) is 12.0 Å². The molecule has 9 nitrogen and oxygen atoms in total. The van der Waals surface area contributed by atoms with Crippen LogP contribution in [0.15, 0.2) is 0 Å². The minimum Gasteiger partial charge on any atom is -0.467 e. The molecule has 0 aliphatic carbocycles. The quantitative estimate of drug-likeness (QED) is 0.417. The topological polar surface area (TPSA) is 117 Å². The van der Waals surface area contributed by atoms with Gasteiger partial charge in [-0.25, -0.2) is 4.79 Å². The largest absolute Gasteiger partial charge is 0.467 e. The van der Waals surface area contributed by atoms with Crippen molar-refractivity contribution in [2.45, 2.75) is 70.7 Å². The third-order valence-corrected chi connectivity index (χ3v) is 5.34. The lowest BCUT2D eigenvalue weighted by molar-refractivity contribution is -0.152. The van der Waals surface area contributed by atoms with E-state index in [0.717, 1.165) is 6.42 Å². The molecule has 5 atom stereocenters. The van der Waals surface area contributed by atoms with E-state index in [0.29, 0.717) is 32.4 Å². The summed E-state index contributed by atoms with van der Waals surface area (Å²) in [5.41, 5.74) is 0. The van der Waals surface area contributed by atoms with Crippen LogP contribution in [0.5, 0.6) is 0 Å². The van der Waals surface area contributed by atoms with Crippen molar-refractivity contribution in [2.75, 3.05) is 20.2 Å². The fourth-order valence-electron chi connectivity index (χ4n) is 3.37. The van der Waals surface area contributed by atoms with Crippen molar-refractivity contribution in [1.29, 1.82) is 0 Å². The van der Waals surface area contributed by atoms with Crippen LogP contribution < -0.4 is 10.6 Å². The molecule has 0 bridgehead atoms. The molecule has 2 heterocycles. The molecular formula is C19H31N3O6. The first-order chi connectivity index (χ1) is 13.3. The van der Waals surface area contributed by atoms with Crippen LogP contribution >= 0.6 is 0 Å². The van der Waals surface area contributed by atoms with Crippen LogP contribution in [0.4, 0.5) is 0 Å². The Morgan fingerprint density at radius 1 is 1.18 bits per heavy atom. The highest BCUT2D eigenvalue weighted by Gasteiger charge is 2.51. The van der Waals surface area contributed by atoms with Crippen LogP contribution in [0.3, 0.4) is 0 Å². The Morgan fingerprint density at radius 3 is 2.46 bits per heavy atom. The number of nitrogens with zero attached hydrogens (tertiary/aromatic N) is 1. The van der Waals surface area contributed by atoms with Gasteiger partial charge in [-0.05, 0) is 25.2 Å². The Morgan fingerprint density at radius 2 is 1.86 bits per heavy atom. The zero-order valence-corrected chi connectivity index (χ0v) is 17.0. The summed E-state index contributed by atoms with van der Waals surface area (Å²) in [5, 5.41) is 5.43. The number of hydrogen-bond donors (Lipinski definition) is 2. The van der Waals surface area contributed by atoms with Crippen molar-refractivity contribution in [3.63, 3.8) is 0 Å². The number of ether oxygens (including phenoxy) is 2. The number of rotatable bonds is 9. The number of carbonyl (C=O) groups is 4. The van der Waals surface area contributed by atoms with E-state index >= 15 is 0 Å². The molecule has 2 aliphatic rings. The summed E-state index contributed by atoms with van der Waals surface area (Å²) in [5.74, 6) is -1.69. The molecule has 2 rings (SSSR count). The van der Waals surface area contributed by atoms with Crippen LogP contribution in [0.1, 0.15) is 46.5 Å². The van der Waals surface area contributed by atoms with E-state index in [9.17, 15) is 19.2 Å². The lowest BCUT2D eigenvalue weighted by Crippen LogP contribution is -2.55. The van der Waals surface area contributed by atoms with Crippen molar-refractivity contribution >= 4 is 23.7 Å². The minimum atomic E-state index is -0.883. The lowest BCUT2D eigenvalue weighted by atomic mass is 9.97. The summed E-state index contributed by atoms with van der Waals surface area (Å²) >= 11 is 0. The normalized spacial score (nSPS) is 25.6. The fraction of sp³-hybridized carbons (Fsp3) is 0.789. The Hall–Kier alpha value is -2.16. The molecule has 0 saturated carbocycles. The molecule has 158 valence electrons. The van der Waals surface area contributed by atoms with Crippen molar-refractivity contribution < 1.29 is 28.7 Å². The number of amides is 3. The summed E-state index contributed by atoms with van der Waals surface area (Å²) in [4.78, 5) is 51.0. The van der Waals surface area contributed by atoms with E-state index in [1.54, 1.807) is 0 Å². The number of carbonyl (C=O) groups excluding carboxylic acids is 4. The zero-order valence-electron chi connectivity index (χ0n) is 17.0. The first-order valence-corrected chi connectivity index (χ1v) is 9.97. The van der Waals surface area contributed by atoms with E-state index < -0.39 is 36.2 Å². The van der Waals surface area contributed by atoms with Gasteiger partial charge in [0.05, 0.1) is 7.11 Å². The maximum Gasteiger partial charge on any atom is 0.328 e. The molecule has 3 amide bonds. The van der Waals surface area contributed by atoms with Gasteiger partial charge < -0.3 is 25.0 Å². The molecular weight excluding hydrogens is 366 g/mol. The highest BCUT2D eigenvalue weighted by atomic mass is 16.6. The highest BCUT2D eigenvalue weighted by molar-refractivity contribution is 5.97. The van der Waals surface area contributed by atoms with Crippen molar-refractivity contribution in [3.8, 4) is 0 Å². The van der Waals surface area contributed by atoms with E-state index in [4.69, 9.17) is 9.47 Å². The molecule has 0 aromatic heterocycles. The van der Waals surface area contributed by atoms with Crippen molar-refractivity contribution in [3.05, 3.63) is 0 Å². The number of hydrogen-bond acceptors (Lipinski definition) is 6. The van der Waals surface area contributed by atoms with Gasteiger partial charge in [-0.2, -0.15) is 0 Å². The van der Waals surface area contributed by atoms with Gasteiger partial charge in [-0.15, -0.1) is 0 Å². The lowest BCUT2D eigenvalue weighted by Gasteiger charge is -2.30. The Kier molecular flexibility index (Phi) is 7.79. The van der Waals surface area contributed by atoms with Gasteiger partial charge in [0.1, 0.15) is 12.1 Å². The van der Waals surface area contributed by atoms with Gasteiger partial charge in [0.2, 0.25) is 5.91 Å².